The van der Waals surface area contributed by atoms with Crippen molar-refractivity contribution >= 4 is 39.5 Å². The fourth-order valence-corrected chi connectivity index (χ4v) is 13.7. The van der Waals surface area contributed by atoms with Crippen molar-refractivity contribution in [1.29, 1.82) is 0 Å². The van der Waals surface area contributed by atoms with Crippen LogP contribution in [0.15, 0.2) is 0 Å². The van der Waals surface area contributed by atoms with Crippen LogP contribution in [-0.2, 0) is 65.4 Å². The van der Waals surface area contributed by atoms with Crippen LogP contribution in [0.4, 0.5) is 0 Å². The summed E-state index contributed by atoms with van der Waals surface area (Å²) >= 11 is 0. The zero-order valence-corrected chi connectivity index (χ0v) is 66.2. The number of esters is 4. The van der Waals surface area contributed by atoms with E-state index in [0.29, 0.717) is 25.7 Å². The standard InChI is InChI=1S/C79H154O17P2/c1-69(2)55-47-39-31-23-17-12-10-9-11-13-21-27-37-45-53-61-78(83)95-74(65-89-76(81)59-51-43-35-26-20-15-14-18-24-32-40-48-56-70(3)4)67-93-97(85,86)91-63-73(80)64-92-98(87,88)94-68-75(66-90-77(82)60-52-44-36-30-29-34-42-50-58-72(7)8)96-79(84)62-54-46-38-28-22-16-19-25-33-41-49-57-71(5)6/h69-75,80H,9-68H2,1-8H3,(H,85,86)(H,87,88)/t73-,74-,75-/m1/s1. The van der Waals surface area contributed by atoms with Gasteiger partial charge in [-0.05, 0) is 49.4 Å². The van der Waals surface area contributed by atoms with Crippen LogP contribution in [-0.4, -0.2) is 96.7 Å². The van der Waals surface area contributed by atoms with Gasteiger partial charge in [-0.3, -0.25) is 37.3 Å². The molecule has 582 valence electrons. The molecule has 0 saturated carbocycles. The zero-order chi connectivity index (χ0) is 72.4. The maximum atomic E-state index is 13.1. The zero-order valence-electron chi connectivity index (χ0n) is 64.4. The summed E-state index contributed by atoms with van der Waals surface area (Å²) in [5.74, 6) is 0.960. The molecule has 0 fully saturated rings. The first-order chi connectivity index (χ1) is 47.1. The highest BCUT2D eigenvalue weighted by Gasteiger charge is 2.30. The molecule has 0 saturated heterocycles. The predicted octanol–water partition coefficient (Wildman–Crippen LogP) is 23.2. The van der Waals surface area contributed by atoms with Gasteiger partial charge in [0.05, 0.1) is 26.4 Å². The van der Waals surface area contributed by atoms with Crippen molar-refractivity contribution in [3.8, 4) is 0 Å². The minimum Gasteiger partial charge on any atom is -0.462 e. The monoisotopic (exact) mass is 1440 g/mol. The number of aliphatic hydroxyl groups excluding tert-OH is 1. The first-order valence-electron chi connectivity index (χ1n) is 40.7. The summed E-state index contributed by atoms with van der Waals surface area (Å²) in [6.45, 7) is 14.2. The lowest BCUT2D eigenvalue weighted by Crippen LogP contribution is -2.30. The topological polar surface area (TPSA) is 237 Å². The van der Waals surface area contributed by atoms with Crippen LogP contribution in [0.25, 0.3) is 0 Å². The minimum absolute atomic E-state index is 0.106. The van der Waals surface area contributed by atoms with E-state index in [1.807, 2.05) is 0 Å². The number of unbranched alkanes of at least 4 members (excludes halogenated alkanes) is 42. The van der Waals surface area contributed by atoms with Gasteiger partial charge in [-0.25, -0.2) is 9.13 Å². The van der Waals surface area contributed by atoms with E-state index in [1.54, 1.807) is 0 Å². The van der Waals surface area contributed by atoms with Gasteiger partial charge in [0.2, 0.25) is 0 Å². The first kappa shape index (κ1) is 96.1. The Labute approximate surface area is 600 Å². The van der Waals surface area contributed by atoms with Gasteiger partial charge in [0.1, 0.15) is 19.3 Å². The van der Waals surface area contributed by atoms with E-state index in [4.69, 9.17) is 37.0 Å². The third-order valence-electron chi connectivity index (χ3n) is 18.3. The molecule has 0 amide bonds. The SMILES string of the molecule is CC(C)CCCCCCCCCCCCCCCCCC(=O)O[C@H](COC(=O)CCCCCCCCCCCCCCC(C)C)COP(=O)(O)OC[C@@H](O)COP(=O)(O)OC[C@@H](COC(=O)CCCCCCCCCCC(C)C)OC(=O)CCCCCCCCCCCCCC(C)C. The second-order valence-electron chi connectivity index (χ2n) is 30.4. The molecule has 0 aliphatic rings. The third kappa shape index (κ3) is 72.4. The highest BCUT2D eigenvalue weighted by molar-refractivity contribution is 7.47. The summed E-state index contributed by atoms with van der Waals surface area (Å²) in [5, 5.41) is 10.6. The van der Waals surface area contributed by atoms with Gasteiger partial charge in [0.25, 0.3) is 0 Å². The Morgan fingerprint density at radius 2 is 0.429 bits per heavy atom. The molecule has 0 aromatic heterocycles. The van der Waals surface area contributed by atoms with E-state index in [9.17, 15) is 43.2 Å². The average Bonchev–Trinajstić information content (AvgIpc) is 0.974. The number of carbonyl (C=O) groups excluding carboxylic acids is 4. The van der Waals surface area contributed by atoms with Crippen LogP contribution < -0.4 is 0 Å². The summed E-state index contributed by atoms with van der Waals surface area (Å²) in [6, 6.07) is 0. The Hall–Kier alpha value is -1.94. The number of ether oxygens (including phenoxy) is 4. The lowest BCUT2D eigenvalue weighted by atomic mass is 10.0. The number of phosphoric acid groups is 2. The molecular formula is C79H154O17P2. The van der Waals surface area contributed by atoms with Crippen molar-refractivity contribution in [2.24, 2.45) is 23.7 Å². The molecule has 2 unspecified atom stereocenters. The maximum Gasteiger partial charge on any atom is 0.472 e. The Kier molecular flexibility index (Phi) is 66.8. The Balaban J connectivity index is 5.26. The molecule has 17 nitrogen and oxygen atoms in total. The average molecular weight is 1440 g/mol. The summed E-state index contributed by atoms with van der Waals surface area (Å²) in [5.41, 5.74) is 0. The molecule has 0 bridgehead atoms. The van der Waals surface area contributed by atoms with Gasteiger partial charge in [-0.1, -0.05) is 351 Å². The Bertz CT molecular complexity index is 1920. The molecular weight excluding hydrogens is 1280 g/mol. The molecule has 5 atom stereocenters. The summed E-state index contributed by atoms with van der Waals surface area (Å²) < 4.78 is 68.7. The van der Waals surface area contributed by atoms with Crippen LogP contribution in [0, 0.1) is 23.7 Å². The largest absolute Gasteiger partial charge is 0.472 e. The van der Waals surface area contributed by atoms with E-state index < -0.39 is 97.5 Å². The Morgan fingerprint density at radius 1 is 0.255 bits per heavy atom. The van der Waals surface area contributed by atoms with Crippen molar-refractivity contribution in [2.45, 2.75) is 420 Å². The van der Waals surface area contributed by atoms with Gasteiger partial charge in [0, 0.05) is 25.7 Å². The molecule has 3 N–H and O–H groups in total. The number of phosphoric ester groups is 2. The van der Waals surface area contributed by atoms with Crippen molar-refractivity contribution in [3.05, 3.63) is 0 Å². The number of rotatable bonds is 76. The smallest absolute Gasteiger partial charge is 0.462 e. The Morgan fingerprint density at radius 3 is 0.633 bits per heavy atom. The molecule has 0 aliphatic carbocycles. The minimum atomic E-state index is -4.96. The first-order valence-corrected chi connectivity index (χ1v) is 43.7. The van der Waals surface area contributed by atoms with Gasteiger partial charge in [-0.2, -0.15) is 0 Å². The summed E-state index contributed by atoms with van der Waals surface area (Å²) in [6.07, 6.45) is 54.1. The number of aliphatic hydroxyl groups is 1. The molecule has 0 radical (unpaired) electrons. The number of carbonyl (C=O) groups is 4. The van der Waals surface area contributed by atoms with E-state index in [-0.39, 0.29) is 25.7 Å². The molecule has 0 aromatic rings. The number of hydrogen-bond donors (Lipinski definition) is 3. The molecule has 0 aromatic carbocycles. The van der Waals surface area contributed by atoms with Crippen LogP contribution in [0.5, 0.6) is 0 Å². The van der Waals surface area contributed by atoms with Crippen LogP contribution in [0.3, 0.4) is 0 Å². The third-order valence-corrected chi connectivity index (χ3v) is 20.2. The van der Waals surface area contributed by atoms with Crippen molar-refractivity contribution in [1.82, 2.24) is 0 Å². The second kappa shape index (κ2) is 68.2. The highest BCUT2D eigenvalue weighted by Crippen LogP contribution is 2.45. The maximum absolute atomic E-state index is 13.1. The van der Waals surface area contributed by atoms with E-state index >= 15 is 0 Å². The molecule has 0 spiro atoms. The fourth-order valence-electron chi connectivity index (χ4n) is 12.1. The van der Waals surface area contributed by atoms with Crippen molar-refractivity contribution in [2.75, 3.05) is 39.6 Å². The molecule has 0 rings (SSSR count). The van der Waals surface area contributed by atoms with Gasteiger partial charge < -0.3 is 33.8 Å². The second-order valence-corrected chi connectivity index (χ2v) is 33.3. The van der Waals surface area contributed by atoms with Crippen LogP contribution in [0.1, 0.15) is 402 Å². The normalized spacial score (nSPS) is 14.1. The van der Waals surface area contributed by atoms with Crippen molar-refractivity contribution < 1.29 is 80.2 Å². The molecule has 0 heterocycles. The highest BCUT2D eigenvalue weighted by atomic mass is 31.2. The number of hydrogen-bond acceptors (Lipinski definition) is 15. The van der Waals surface area contributed by atoms with E-state index in [1.165, 1.54) is 205 Å². The molecule has 98 heavy (non-hydrogen) atoms. The quantitative estimate of drug-likeness (QED) is 0.0222. The summed E-state index contributed by atoms with van der Waals surface area (Å²) in [7, 11) is -9.92. The van der Waals surface area contributed by atoms with Crippen molar-refractivity contribution in [3.63, 3.8) is 0 Å². The van der Waals surface area contributed by atoms with Gasteiger partial charge >= 0.3 is 39.5 Å². The van der Waals surface area contributed by atoms with Gasteiger partial charge in [0.15, 0.2) is 12.2 Å². The van der Waals surface area contributed by atoms with Crippen LogP contribution in [0.2, 0.25) is 0 Å². The lowest BCUT2D eigenvalue weighted by Gasteiger charge is -2.21. The molecule has 0 aliphatic heterocycles. The molecule has 19 heteroatoms. The fraction of sp³-hybridized carbons (Fsp3) is 0.949. The van der Waals surface area contributed by atoms with E-state index in [2.05, 4.69) is 55.4 Å². The van der Waals surface area contributed by atoms with Crippen LogP contribution >= 0.6 is 15.6 Å². The predicted molar refractivity (Wildman–Crippen MR) is 400 cm³/mol. The van der Waals surface area contributed by atoms with Gasteiger partial charge in [-0.15, -0.1) is 0 Å². The van der Waals surface area contributed by atoms with E-state index in [0.717, 1.165) is 114 Å². The lowest BCUT2D eigenvalue weighted by molar-refractivity contribution is -0.161. The summed E-state index contributed by atoms with van der Waals surface area (Å²) in [4.78, 5) is 73.0.